The van der Waals surface area contributed by atoms with E-state index in [9.17, 15) is 4.79 Å². The van der Waals surface area contributed by atoms with E-state index in [4.69, 9.17) is 40.2 Å². The third kappa shape index (κ3) is 5.39. The van der Waals surface area contributed by atoms with Crippen molar-refractivity contribution in [2.45, 2.75) is 6.42 Å². The Labute approximate surface area is 149 Å². The van der Waals surface area contributed by atoms with E-state index in [0.29, 0.717) is 15.7 Å². The number of thiocarbonyl (C=S) groups is 1. The average Bonchev–Trinajstić information content (AvgIpc) is 2.50. The van der Waals surface area contributed by atoms with Crippen LogP contribution in [0.2, 0.25) is 10.0 Å². The summed E-state index contributed by atoms with van der Waals surface area (Å²) in [6.07, 6.45) is 0.208. The van der Waals surface area contributed by atoms with E-state index in [1.54, 1.807) is 37.4 Å². The molecule has 0 unspecified atom stereocenters. The smallest absolute Gasteiger partial charge is 0.230 e. The third-order valence-electron chi connectivity index (χ3n) is 2.96. The number of hydrogen-bond donors (Lipinski definition) is 2. The maximum absolute atomic E-state index is 12.0. The summed E-state index contributed by atoms with van der Waals surface area (Å²) in [4.78, 5) is 12.0. The van der Waals surface area contributed by atoms with Crippen molar-refractivity contribution in [2.24, 2.45) is 0 Å². The van der Waals surface area contributed by atoms with Gasteiger partial charge >= 0.3 is 0 Å². The van der Waals surface area contributed by atoms with Crippen LogP contribution in [0, 0.1) is 0 Å². The van der Waals surface area contributed by atoms with Gasteiger partial charge in [-0.25, -0.2) is 0 Å². The second-order valence-corrected chi connectivity index (χ2v) is 5.90. The summed E-state index contributed by atoms with van der Waals surface area (Å²) in [5.74, 6) is 0.515. The van der Waals surface area contributed by atoms with Crippen LogP contribution in [0.25, 0.3) is 0 Å². The summed E-state index contributed by atoms with van der Waals surface area (Å²) in [6.45, 7) is 0. The van der Waals surface area contributed by atoms with Crippen molar-refractivity contribution in [1.82, 2.24) is 5.32 Å². The van der Waals surface area contributed by atoms with Crippen molar-refractivity contribution >= 4 is 52.1 Å². The van der Waals surface area contributed by atoms with Gasteiger partial charge in [-0.15, -0.1) is 0 Å². The van der Waals surface area contributed by atoms with E-state index in [2.05, 4.69) is 10.6 Å². The van der Waals surface area contributed by atoms with Crippen molar-refractivity contribution in [3.05, 3.63) is 58.1 Å². The second-order valence-electron chi connectivity index (χ2n) is 4.65. The Morgan fingerprint density at radius 1 is 1.17 bits per heavy atom. The fourth-order valence-electron chi connectivity index (χ4n) is 1.84. The fourth-order valence-corrected chi connectivity index (χ4v) is 2.52. The minimum absolute atomic E-state index is 0.174. The number of anilines is 1. The van der Waals surface area contributed by atoms with Gasteiger partial charge < -0.3 is 15.4 Å². The van der Waals surface area contributed by atoms with Crippen molar-refractivity contribution in [3.63, 3.8) is 0 Å². The molecule has 2 aromatic carbocycles. The molecule has 7 heteroatoms. The van der Waals surface area contributed by atoms with Gasteiger partial charge in [0, 0.05) is 5.02 Å². The standard InChI is InChI=1S/C16H14Cl2N2O2S/c1-22-12-5-2-10(3-6-12)8-15(21)20-16(23)19-14-7-4-11(17)9-13(14)18/h2-7,9H,8H2,1H3,(H2,19,20,21,23). The molecule has 0 aliphatic carbocycles. The van der Waals surface area contributed by atoms with Crippen LogP contribution in [-0.2, 0) is 11.2 Å². The first kappa shape index (κ1) is 17.5. The van der Waals surface area contributed by atoms with Crippen molar-refractivity contribution < 1.29 is 9.53 Å². The molecular formula is C16H14Cl2N2O2S. The van der Waals surface area contributed by atoms with Gasteiger partial charge in [-0.1, -0.05) is 35.3 Å². The average molecular weight is 369 g/mol. The van der Waals surface area contributed by atoms with Crippen LogP contribution in [0.4, 0.5) is 5.69 Å². The highest BCUT2D eigenvalue weighted by Crippen LogP contribution is 2.25. The highest BCUT2D eigenvalue weighted by Gasteiger charge is 2.08. The number of nitrogens with one attached hydrogen (secondary N) is 2. The molecule has 2 aromatic rings. The highest BCUT2D eigenvalue weighted by molar-refractivity contribution is 7.80. The number of halogens is 2. The lowest BCUT2D eigenvalue weighted by Crippen LogP contribution is -2.35. The van der Waals surface area contributed by atoms with E-state index in [-0.39, 0.29) is 17.4 Å². The van der Waals surface area contributed by atoms with Gasteiger partial charge in [-0.05, 0) is 48.1 Å². The molecule has 120 valence electrons. The van der Waals surface area contributed by atoms with Gasteiger partial charge in [0.15, 0.2) is 5.11 Å². The second kappa shape index (κ2) is 8.15. The molecule has 2 N–H and O–H groups in total. The molecule has 0 aromatic heterocycles. The number of carbonyl (C=O) groups is 1. The minimum Gasteiger partial charge on any atom is -0.497 e. The molecule has 0 saturated heterocycles. The normalized spacial score (nSPS) is 10.0. The maximum atomic E-state index is 12.0. The largest absolute Gasteiger partial charge is 0.497 e. The van der Waals surface area contributed by atoms with Gasteiger partial charge in [0.1, 0.15) is 5.75 Å². The molecule has 0 aliphatic rings. The number of hydrogen-bond acceptors (Lipinski definition) is 3. The van der Waals surface area contributed by atoms with E-state index in [1.165, 1.54) is 0 Å². The molecule has 0 heterocycles. The predicted octanol–water partition coefficient (Wildman–Crippen LogP) is 4.06. The Morgan fingerprint density at radius 2 is 1.87 bits per heavy atom. The zero-order valence-corrected chi connectivity index (χ0v) is 14.6. The SMILES string of the molecule is COc1ccc(CC(=O)NC(=S)Nc2ccc(Cl)cc2Cl)cc1. The van der Waals surface area contributed by atoms with Crippen LogP contribution in [0.5, 0.6) is 5.75 Å². The van der Waals surface area contributed by atoms with E-state index < -0.39 is 0 Å². The van der Waals surface area contributed by atoms with Gasteiger partial charge in [-0.3, -0.25) is 4.79 Å². The molecule has 0 aliphatic heterocycles. The number of benzene rings is 2. The van der Waals surface area contributed by atoms with Gasteiger partial charge in [0.05, 0.1) is 24.2 Å². The summed E-state index contributed by atoms with van der Waals surface area (Å²) < 4.78 is 5.07. The van der Waals surface area contributed by atoms with E-state index in [0.717, 1.165) is 11.3 Å². The maximum Gasteiger partial charge on any atom is 0.230 e. The topological polar surface area (TPSA) is 50.4 Å². The molecule has 0 fully saturated rings. The molecule has 4 nitrogen and oxygen atoms in total. The van der Waals surface area contributed by atoms with Crippen LogP contribution in [0.15, 0.2) is 42.5 Å². The first-order valence-corrected chi connectivity index (χ1v) is 7.83. The lowest BCUT2D eigenvalue weighted by molar-refractivity contribution is -0.119. The summed E-state index contributed by atoms with van der Waals surface area (Å²) >= 11 is 17.0. The van der Waals surface area contributed by atoms with Crippen molar-refractivity contribution in [2.75, 3.05) is 12.4 Å². The zero-order chi connectivity index (χ0) is 16.8. The van der Waals surface area contributed by atoms with Crippen LogP contribution in [-0.4, -0.2) is 18.1 Å². The van der Waals surface area contributed by atoms with Crippen LogP contribution in [0.3, 0.4) is 0 Å². The Balaban J connectivity index is 1.90. The minimum atomic E-state index is -0.224. The molecule has 2 rings (SSSR count). The Morgan fingerprint density at radius 3 is 2.48 bits per heavy atom. The van der Waals surface area contributed by atoms with Crippen LogP contribution in [0.1, 0.15) is 5.56 Å². The lowest BCUT2D eigenvalue weighted by Gasteiger charge is -2.11. The zero-order valence-electron chi connectivity index (χ0n) is 12.2. The summed E-state index contributed by atoms with van der Waals surface area (Å²) in [5, 5.41) is 6.58. The molecule has 0 spiro atoms. The molecule has 0 bridgehead atoms. The first-order chi connectivity index (χ1) is 11.0. The fraction of sp³-hybridized carbons (Fsp3) is 0.125. The molecule has 0 atom stereocenters. The lowest BCUT2D eigenvalue weighted by atomic mass is 10.1. The Hall–Kier alpha value is -1.82. The number of rotatable bonds is 4. The third-order valence-corrected chi connectivity index (χ3v) is 3.71. The summed E-state index contributed by atoms with van der Waals surface area (Å²) in [7, 11) is 1.59. The Kier molecular flexibility index (Phi) is 6.21. The first-order valence-electron chi connectivity index (χ1n) is 6.67. The molecule has 23 heavy (non-hydrogen) atoms. The van der Waals surface area contributed by atoms with Gasteiger partial charge in [0.2, 0.25) is 5.91 Å². The summed E-state index contributed by atoms with van der Waals surface area (Å²) in [5.41, 5.74) is 1.43. The highest BCUT2D eigenvalue weighted by atomic mass is 35.5. The predicted molar refractivity (Wildman–Crippen MR) is 97.5 cm³/mol. The summed E-state index contributed by atoms with van der Waals surface area (Å²) in [6, 6.07) is 12.2. The van der Waals surface area contributed by atoms with Crippen LogP contribution < -0.4 is 15.4 Å². The number of methoxy groups -OCH3 is 1. The van der Waals surface area contributed by atoms with E-state index in [1.807, 2.05) is 12.1 Å². The molecule has 1 amide bonds. The van der Waals surface area contributed by atoms with Gasteiger partial charge in [-0.2, -0.15) is 0 Å². The van der Waals surface area contributed by atoms with Crippen LogP contribution >= 0.6 is 35.4 Å². The van der Waals surface area contributed by atoms with Gasteiger partial charge in [0.25, 0.3) is 0 Å². The molecule has 0 saturated carbocycles. The van der Waals surface area contributed by atoms with Crippen molar-refractivity contribution in [3.8, 4) is 5.75 Å². The quantitative estimate of drug-likeness (QED) is 0.799. The van der Waals surface area contributed by atoms with E-state index >= 15 is 0 Å². The number of ether oxygens (including phenoxy) is 1. The monoisotopic (exact) mass is 368 g/mol. The number of carbonyl (C=O) groups excluding carboxylic acids is 1. The van der Waals surface area contributed by atoms with Crippen molar-refractivity contribution in [1.29, 1.82) is 0 Å². The molecule has 0 radical (unpaired) electrons. The molecular weight excluding hydrogens is 355 g/mol. The number of amides is 1. The Bertz CT molecular complexity index is 721.